The number of rotatable bonds is 6. The third kappa shape index (κ3) is 5.74. The van der Waals surface area contributed by atoms with Crippen molar-refractivity contribution >= 4 is 23.6 Å². The van der Waals surface area contributed by atoms with Crippen molar-refractivity contribution < 1.29 is 9.53 Å². The first-order valence-corrected chi connectivity index (χ1v) is 9.42. The number of hydrogen-bond acceptors (Lipinski definition) is 4. The predicted octanol–water partition coefficient (Wildman–Crippen LogP) is 4.23. The van der Waals surface area contributed by atoms with E-state index in [0.29, 0.717) is 12.3 Å². The number of ether oxygens (including phenoxy) is 1. The van der Waals surface area contributed by atoms with Gasteiger partial charge in [-0.05, 0) is 68.1 Å². The van der Waals surface area contributed by atoms with E-state index >= 15 is 0 Å². The molecule has 142 valence electrons. The third-order valence-electron chi connectivity index (χ3n) is 4.42. The topological polar surface area (TPSA) is 66.0 Å². The minimum atomic E-state index is -0.389. The molecule has 1 heterocycles. The van der Waals surface area contributed by atoms with Gasteiger partial charge in [-0.25, -0.2) is 10.2 Å². The van der Waals surface area contributed by atoms with Crippen molar-refractivity contribution in [2.75, 3.05) is 29.9 Å². The molecule has 2 N–H and O–H groups in total. The molecule has 2 aromatic rings. The second-order valence-electron chi connectivity index (χ2n) is 6.42. The molecule has 27 heavy (non-hydrogen) atoms. The monoisotopic (exact) mass is 366 g/mol. The van der Waals surface area contributed by atoms with Crippen LogP contribution in [0.2, 0.25) is 0 Å². The molecule has 0 saturated carbocycles. The fourth-order valence-corrected chi connectivity index (χ4v) is 3.05. The summed E-state index contributed by atoms with van der Waals surface area (Å²) in [5, 5.41) is 6.73. The first-order valence-electron chi connectivity index (χ1n) is 9.42. The van der Waals surface area contributed by atoms with Crippen LogP contribution in [0, 0.1) is 0 Å². The van der Waals surface area contributed by atoms with Gasteiger partial charge in [0.25, 0.3) is 0 Å². The van der Waals surface area contributed by atoms with Crippen molar-refractivity contribution in [2.24, 2.45) is 5.10 Å². The fourth-order valence-electron chi connectivity index (χ4n) is 3.05. The van der Waals surface area contributed by atoms with Gasteiger partial charge in [0, 0.05) is 24.5 Å². The van der Waals surface area contributed by atoms with Gasteiger partial charge in [-0.2, -0.15) is 5.10 Å². The number of urea groups is 1. The smallest absolute Gasteiger partial charge is 0.339 e. The van der Waals surface area contributed by atoms with Crippen molar-refractivity contribution in [2.45, 2.75) is 26.2 Å². The van der Waals surface area contributed by atoms with Crippen LogP contribution in [-0.4, -0.2) is 31.9 Å². The molecule has 0 aromatic heterocycles. The molecule has 2 aromatic carbocycles. The van der Waals surface area contributed by atoms with E-state index in [9.17, 15) is 4.79 Å². The number of nitrogens with one attached hydrogen (secondary N) is 2. The van der Waals surface area contributed by atoms with E-state index in [4.69, 9.17) is 4.74 Å². The van der Waals surface area contributed by atoms with Crippen LogP contribution in [-0.2, 0) is 0 Å². The number of piperidine rings is 1. The van der Waals surface area contributed by atoms with Gasteiger partial charge in [0.2, 0.25) is 0 Å². The average Bonchev–Trinajstić information content (AvgIpc) is 2.71. The zero-order valence-electron chi connectivity index (χ0n) is 15.6. The molecule has 1 fully saturated rings. The highest BCUT2D eigenvalue weighted by atomic mass is 16.5. The van der Waals surface area contributed by atoms with Crippen molar-refractivity contribution in [3.63, 3.8) is 0 Å². The molecule has 1 aliphatic heterocycles. The van der Waals surface area contributed by atoms with Crippen LogP contribution in [0.25, 0.3) is 0 Å². The number of hydrazone groups is 1. The van der Waals surface area contributed by atoms with E-state index in [0.717, 1.165) is 24.4 Å². The molecule has 1 aliphatic rings. The molecule has 6 nitrogen and oxygen atoms in total. The minimum Gasteiger partial charge on any atom is -0.494 e. The molecule has 0 spiro atoms. The van der Waals surface area contributed by atoms with Gasteiger partial charge in [-0.15, -0.1) is 0 Å². The van der Waals surface area contributed by atoms with Gasteiger partial charge in [0.05, 0.1) is 12.8 Å². The number of hydrogen-bond donors (Lipinski definition) is 2. The maximum absolute atomic E-state index is 11.9. The van der Waals surface area contributed by atoms with Crippen LogP contribution in [0.5, 0.6) is 5.75 Å². The van der Waals surface area contributed by atoms with Gasteiger partial charge >= 0.3 is 6.03 Å². The van der Waals surface area contributed by atoms with Crippen molar-refractivity contribution in [1.29, 1.82) is 0 Å². The van der Waals surface area contributed by atoms with Crippen LogP contribution >= 0.6 is 0 Å². The number of carbonyl (C=O) groups excluding carboxylic acids is 1. The first-order chi connectivity index (χ1) is 13.2. The van der Waals surface area contributed by atoms with Crippen LogP contribution < -0.4 is 20.4 Å². The summed E-state index contributed by atoms with van der Waals surface area (Å²) in [6, 6.07) is 15.0. The van der Waals surface area contributed by atoms with Gasteiger partial charge in [-0.3, -0.25) is 0 Å². The molecular formula is C21H26N4O2. The lowest BCUT2D eigenvalue weighted by atomic mass is 10.1. The first kappa shape index (κ1) is 18.8. The molecule has 0 bridgehead atoms. The summed E-state index contributed by atoms with van der Waals surface area (Å²) in [5.74, 6) is 0.773. The summed E-state index contributed by atoms with van der Waals surface area (Å²) in [6.45, 7) is 4.79. The predicted molar refractivity (Wildman–Crippen MR) is 110 cm³/mol. The van der Waals surface area contributed by atoms with Crippen LogP contribution in [0.1, 0.15) is 31.7 Å². The molecule has 0 radical (unpaired) electrons. The average molecular weight is 366 g/mol. The summed E-state index contributed by atoms with van der Waals surface area (Å²) in [6.07, 6.45) is 5.48. The lowest BCUT2D eigenvalue weighted by molar-refractivity contribution is 0.252. The summed E-state index contributed by atoms with van der Waals surface area (Å²) in [5.41, 5.74) is 5.34. The largest absolute Gasteiger partial charge is 0.494 e. The third-order valence-corrected chi connectivity index (χ3v) is 4.42. The Bertz CT molecular complexity index is 751. The number of nitrogens with zero attached hydrogens (tertiary/aromatic N) is 2. The highest BCUT2D eigenvalue weighted by molar-refractivity contribution is 5.90. The van der Waals surface area contributed by atoms with Crippen molar-refractivity contribution in [1.82, 2.24) is 5.43 Å². The van der Waals surface area contributed by atoms with E-state index < -0.39 is 0 Å². The number of carbonyl (C=O) groups is 1. The summed E-state index contributed by atoms with van der Waals surface area (Å²) >= 11 is 0. The fraction of sp³-hybridized carbons (Fsp3) is 0.333. The minimum absolute atomic E-state index is 0.389. The second kappa shape index (κ2) is 9.62. The Balaban J connectivity index is 1.47. The number of amides is 2. The number of anilines is 2. The van der Waals surface area contributed by atoms with Crippen molar-refractivity contribution in [3.8, 4) is 5.75 Å². The molecule has 0 unspecified atom stereocenters. The molecule has 0 atom stereocenters. The zero-order valence-corrected chi connectivity index (χ0v) is 15.6. The Morgan fingerprint density at radius 2 is 1.78 bits per heavy atom. The molecular weight excluding hydrogens is 340 g/mol. The molecule has 0 aliphatic carbocycles. The Hall–Kier alpha value is -3.02. The lowest BCUT2D eigenvalue weighted by Gasteiger charge is -2.28. The Kier molecular flexibility index (Phi) is 6.68. The highest BCUT2D eigenvalue weighted by Gasteiger charge is 2.10. The zero-order chi connectivity index (χ0) is 18.9. The summed E-state index contributed by atoms with van der Waals surface area (Å²) < 4.78 is 5.37. The van der Waals surface area contributed by atoms with Gasteiger partial charge in [0.15, 0.2) is 0 Å². The van der Waals surface area contributed by atoms with Gasteiger partial charge in [-0.1, -0.05) is 12.1 Å². The van der Waals surface area contributed by atoms with Crippen LogP contribution in [0.4, 0.5) is 16.2 Å². The van der Waals surface area contributed by atoms with Crippen LogP contribution in [0.3, 0.4) is 0 Å². The van der Waals surface area contributed by atoms with Gasteiger partial charge in [0.1, 0.15) is 5.75 Å². The Morgan fingerprint density at radius 1 is 1.07 bits per heavy atom. The van der Waals surface area contributed by atoms with E-state index in [-0.39, 0.29) is 6.03 Å². The lowest BCUT2D eigenvalue weighted by Crippen LogP contribution is -2.29. The standard InChI is InChI=1S/C21H26N4O2/c1-2-27-20-12-8-18(9-13-20)23-21(26)24-22-16-17-6-10-19(11-7-17)25-14-4-3-5-15-25/h6-13,16H,2-5,14-15H2,1H3,(H2,23,24,26)/b22-16-. The maximum atomic E-state index is 11.9. The highest BCUT2D eigenvalue weighted by Crippen LogP contribution is 2.19. The molecule has 1 saturated heterocycles. The van der Waals surface area contributed by atoms with E-state index in [1.807, 2.05) is 31.2 Å². The normalized spacial score (nSPS) is 14.2. The molecule has 6 heteroatoms. The second-order valence-corrected chi connectivity index (χ2v) is 6.42. The molecule has 2 amide bonds. The van der Waals surface area contributed by atoms with Gasteiger partial charge < -0.3 is 15.0 Å². The summed E-state index contributed by atoms with van der Waals surface area (Å²) in [7, 11) is 0. The Morgan fingerprint density at radius 3 is 2.44 bits per heavy atom. The number of benzene rings is 2. The maximum Gasteiger partial charge on any atom is 0.339 e. The van der Waals surface area contributed by atoms with Crippen LogP contribution in [0.15, 0.2) is 53.6 Å². The quantitative estimate of drug-likeness (QED) is 0.594. The van der Waals surface area contributed by atoms with E-state index in [1.54, 1.807) is 18.3 Å². The summed E-state index contributed by atoms with van der Waals surface area (Å²) in [4.78, 5) is 14.3. The SMILES string of the molecule is CCOc1ccc(NC(=O)N/N=C\c2ccc(N3CCCCC3)cc2)cc1. The van der Waals surface area contributed by atoms with E-state index in [2.05, 4.69) is 32.9 Å². The van der Waals surface area contributed by atoms with Crippen molar-refractivity contribution in [3.05, 3.63) is 54.1 Å². The molecule has 3 rings (SSSR count). The Labute approximate surface area is 160 Å². The van der Waals surface area contributed by atoms with E-state index in [1.165, 1.54) is 24.9 Å².